The summed E-state index contributed by atoms with van der Waals surface area (Å²) in [6.45, 7) is 6.73. The molecule has 90 valence electrons. The summed E-state index contributed by atoms with van der Waals surface area (Å²) in [5.41, 5.74) is 6.04. The zero-order chi connectivity index (χ0) is 11.5. The Morgan fingerprint density at radius 3 is 2.67 bits per heavy atom. The SMILES string of the molecule is C=CCCCCCC(N)CC(C)COC. The molecule has 0 saturated heterocycles. The van der Waals surface area contributed by atoms with Crippen molar-refractivity contribution in [1.29, 1.82) is 0 Å². The summed E-state index contributed by atoms with van der Waals surface area (Å²) < 4.78 is 5.10. The number of rotatable bonds is 10. The molecule has 0 fully saturated rings. The Kier molecular flexibility index (Phi) is 9.96. The molecule has 0 spiro atoms. The number of unbranched alkanes of at least 4 members (excludes halogenated alkanes) is 3. The highest BCUT2D eigenvalue weighted by molar-refractivity contribution is 4.68. The van der Waals surface area contributed by atoms with E-state index in [0.29, 0.717) is 12.0 Å². The highest BCUT2D eigenvalue weighted by atomic mass is 16.5. The molecule has 2 atom stereocenters. The first-order chi connectivity index (χ1) is 7.20. The molecule has 0 bridgehead atoms. The van der Waals surface area contributed by atoms with Gasteiger partial charge in [0.1, 0.15) is 0 Å². The lowest BCUT2D eigenvalue weighted by atomic mass is 9.98. The van der Waals surface area contributed by atoms with Gasteiger partial charge in [-0.3, -0.25) is 0 Å². The largest absolute Gasteiger partial charge is 0.384 e. The third-order valence-electron chi connectivity index (χ3n) is 2.64. The molecule has 2 heteroatoms. The van der Waals surface area contributed by atoms with E-state index in [1.807, 2.05) is 6.08 Å². The Balaban J connectivity index is 3.31. The fourth-order valence-corrected chi connectivity index (χ4v) is 1.86. The molecule has 0 aliphatic heterocycles. The maximum Gasteiger partial charge on any atom is 0.0488 e. The van der Waals surface area contributed by atoms with Gasteiger partial charge in [0.15, 0.2) is 0 Å². The van der Waals surface area contributed by atoms with E-state index < -0.39 is 0 Å². The van der Waals surface area contributed by atoms with Gasteiger partial charge in [-0.2, -0.15) is 0 Å². The second-order valence-corrected chi connectivity index (χ2v) is 4.48. The normalized spacial score (nSPS) is 14.9. The second-order valence-electron chi connectivity index (χ2n) is 4.48. The van der Waals surface area contributed by atoms with Crippen LogP contribution in [0.1, 0.15) is 45.4 Å². The van der Waals surface area contributed by atoms with Crippen molar-refractivity contribution in [2.24, 2.45) is 11.7 Å². The number of hydrogen-bond donors (Lipinski definition) is 1. The van der Waals surface area contributed by atoms with Gasteiger partial charge in [0, 0.05) is 19.8 Å². The summed E-state index contributed by atoms with van der Waals surface area (Å²) in [6, 6.07) is 0.346. The number of hydrogen-bond acceptors (Lipinski definition) is 2. The van der Waals surface area contributed by atoms with E-state index in [-0.39, 0.29) is 0 Å². The first-order valence-electron chi connectivity index (χ1n) is 6.06. The fraction of sp³-hybridized carbons (Fsp3) is 0.846. The molecular weight excluding hydrogens is 186 g/mol. The second kappa shape index (κ2) is 10.2. The standard InChI is InChI=1S/C13H27NO/c1-4-5-6-7-8-9-13(14)10-12(2)11-15-3/h4,12-13H,1,5-11,14H2,2-3H3. The molecule has 0 radical (unpaired) electrons. The summed E-state index contributed by atoms with van der Waals surface area (Å²) in [6.07, 6.45) is 9.12. The average Bonchev–Trinajstić information content (AvgIpc) is 2.17. The lowest BCUT2D eigenvalue weighted by Crippen LogP contribution is -2.24. The lowest BCUT2D eigenvalue weighted by Gasteiger charge is -2.16. The van der Waals surface area contributed by atoms with Crippen LogP contribution in [0.3, 0.4) is 0 Å². The van der Waals surface area contributed by atoms with E-state index in [1.54, 1.807) is 7.11 Å². The van der Waals surface area contributed by atoms with Crippen molar-refractivity contribution < 1.29 is 4.74 Å². The Morgan fingerprint density at radius 1 is 1.33 bits per heavy atom. The molecule has 0 rings (SSSR count). The van der Waals surface area contributed by atoms with Gasteiger partial charge in [0.05, 0.1) is 0 Å². The Morgan fingerprint density at radius 2 is 2.07 bits per heavy atom. The highest BCUT2D eigenvalue weighted by Gasteiger charge is 2.08. The fourth-order valence-electron chi connectivity index (χ4n) is 1.86. The van der Waals surface area contributed by atoms with Gasteiger partial charge in [-0.05, 0) is 31.6 Å². The van der Waals surface area contributed by atoms with Gasteiger partial charge < -0.3 is 10.5 Å². The highest BCUT2D eigenvalue weighted by Crippen LogP contribution is 2.11. The predicted molar refractivity (Wildman–Crippen MR) is 66.9 cm³/mol. The van der Waals surface area contributed by atoms with Crippen LogP contribution in [0.2, 0.25) is 0 Å². The molecule has 0 amide bonds. The molecule has 2 nitrogen and oxygen atoms in total. The minimum atomic E-state index is 0.346. The van der Waals surface area contributed by atoms with Crippen molar-refractivity contribution in [3.8, 4) is 0 Å². The van der Waals surface area contributed by atoms with Crippen LogP contribution in [0, 0.1) is 5.92 Å². The van der Waals surface area contributed by atoms with Crippen molar-refractivity contribution in [1.82, 2.24) is 0 Å². The molecule has 0 aliphatic rings. The Hall–Kier alpha value is -0.340. The van der Waals surface area contributed by atoms with Crippen LogP contribution >= 0.6 is 0 Å². The Bertz CT molecular complexity index is 147. The van der Waals surface area contributed by atoms with E-state index in [2.05, 4.69) is 13.5 Å². The van der Waals surface area contributed by atoms with E-state index in [9.17, 15) is 0 Å². The molecule has 15 heavy (non-hydrogen) atoms. The molecule has 2 N–H and O–H groups in total. The van der Waals surface area contributed by atoms with E-state index in [0.717, 1.165) is 25.9 Å². The minimum absolute atomic E-state index is 0.346. The van der Waals surface area contributed by atoms with Crippen LogP contribution in [0.15, 0.2) is 12.7 Å². The monoisotopic (exact) mass is 213 g/mol. The zero-order valence-electron chi connectivity index (χ0n) is 10.4. The van der Waals surface area contributed by atoms with Crippen LogP contribution in [-0.2, 0) is 4.74 Å². The van der Waals surface area contributed by atoms with Crippen molar-refractivity contribution in [2.45, 2.75) is 51.5 Å². The van der Waals surface area contributed by atoms with Crippen molar-refractivity contribution in [2.75, 3.05) is 13.7 Å². The van der Waals surface area contributed by atoms with Gasteiger partial charge >= 0.3 is 0 Å². The zero-order valence-corrected chi connectivity index (χ0v) is 10.4. The molecule has 0 heterocycles. The summed E-state index contributed by atoms with van der Waals surface area (Å²) in [4.78, 5) is 0. The van der Waals surface area contributed by atoms with Gasteiger partial charge in [-0.25, -0.2) is 0 Å². The first-order valence-corrected chi connectivity index (χ1v) is 6.06. The van der Waals surface area contributed by atoms with Crippen LogP contribution in [-0.4, -0.2) is 19.8 Å². The minimum Gasteiger partial charge on any atom is -0.384 e. The van der Waals surface area contributed by atoms with Gasteiger partial charge in [0.2, 0.25) is 0 Å². The van der Waals surface area contributed by atoms with Crippen LogP contribution in [0.5, 0.6) is 0 Å². The number of nitrogens with two attached hydrogens (primary N) is 1. The molecule has 0 aliphatic carbocycles. The Labute approximate surface area is 94.9 Å². The summed E-state index contributed by atoms with van der Waals surface area (Å²) >= 11 is 0. The third-order valence-corrected chi connectivity index (χ3v) is 2.64. The van der Waals surface area contributed by atoms with Crippen LogP contribution in [0.4, 0.5) is 0 Å². The topological polar surface area (TPSA) is 35.2 Å². The number of methoxy groups -OCH3 is 1. The van der Waals surface area contributed by atoms with Crippen molar-refractivity contribution >= 4 is 0 Å². The van der Waals surface area contributed by atoms with Crippen LogP contribution in [0.25, 0.3) is 0 Å². The molecule has 0 aromatic rings. The summed E-state index contributed by atoms with van der Waals surface area (Å²) in [7, 11) is 1.75. The van der Waals surface area contributed by atoms with E-state index in [4.69, 9.17) is 10.5 Å². The van der Waals surface area contributed by atoms with E-state index >= 15 is 0 Å². The maximum atomic E-state index is 6.04. The number of ether oxygens (including phenoxy) is 1. The molecule has 0 aromatic heterocycles. The first kappa shape index (κ1) is 14.7. The molecule has 0 saturated carbocycles. The van der Waals surface area contributed by atoms with Crippen molar-refractivity contribution in [3.05, 3.63) is 12.7 Å². The lowest BCUT2D eigenvalue weighted by molar-refractivity contribution is 0.151. The van der Waals surface area contributed by atoms with Gasteiger partial charge in [-0.1, -0.05) is 25.8 Å². The quantitative estimate of drug-likeness (QED) is 0.447. The number of allylic oxidation sites excluding steroid dienone is 1. The van der Waals surface area contributed by atoms with Crippen molar-refractivity contribution in [3.63, 3.8) is 0 Å². The summed E-state index contributed by atoms with van der Waals surface area (Å²) in [5.74, 6) is 0.582. The van der Waals surface area contributed by atoms with Crippen LogP contribution < -0.4 is 5.73 Å². The van der Waals surface area contributed by atoms with Gasteiger partial charge in [0.25, 0.3) is 0 Å². The smallest absolute Gasteiger partial charge is 0.0488 e. The maximum absolute atomic E-state index is 6.04. The molecule has 2 unspecified atom stereocenters. The molecular formula is C13H27NO. The molecule has 0 aromatic carbocycles. The van der Waals surface area contributed by atoms with E-state index in [1.165, 1.54) is 19.3 Å². The summed E-state index contributed by atoms with van der Waals surface area (Å²) in [5, 5.41) is 0. The third kappa shape index (κ3) is 9.95. The van der Waals surface area contributed by atoms with Gasteiger partial charge in [-0.15, -0.1) is 6.58 Å². The average molecular weight is 213 g/mol. The predicted octanol–water partition coefficient (Wildman–Crippen LogP) is 3.12.